The number of likely N-dealkylation sites (N-methyl/N-ethyl adjacent to an activating group) is 1. The zero-order valence-electron chi connectivity index (χ0n) is 9.57. The van der Waals surface area contributed by atoms with E-state index >= 15 is 0 Å². The van der Waals surface area contributed by atoms with Crippen molar-refractivity contribution in [3.8, 4) is 0 Å². The van der Waals surface area contributed by atoms with E-state index in [4.69, 9.17) is 4.42 Å². The fraction of sp³-hybridized carbons (Fsp3) is 0.455. The van der Waals surface area contributed by atoms with Gasteiger partial charge in [0.05, 0.1) is 18.5 Å². The molecule has 92 valence electrons. The van der Waals surface area contributed by atoms with Crippen molar-refractivity contribution in [2.45, 2.75) is 25.4 Å². The van der Waals surface area contributed by atoms with Crippen LogP contribution in [0.5, 0.6) is 0 Å². The number of hydrogen-bond donors (Lipinski definition) is 1. The minimum atomic E-state index is -0.452. The Balaban J connectivity index is 2.02. The van der Waals surface area contributed by atoms with Gasteiger partial charge in [0.2, 0.25) is 11.8 Å². The molecule has 1 aliphatic heterocycles. The normalized spacial score (nSPS) is 22.3. The van der Waals surface area contributed by atoms with Crippen molar-refractivity contribution in [1.29, 1.82) is 0 Å². The van der Waals surface area contributed by atoms with Gasteiger partial charge in [0, 0.05) is 7.05 Å². The molecular formula is C11H13BrN2O3. The van der Waals surface area contributed by atoms with Crippen molar-refractivity contribution in [3.05, 3.63) is 22.6 Å². The maximum atomic E-state index is 11.7. The Hall–Kier alpha value is -1.14. The maximum Gasteiger partial charge on any atom is 0.246 e. The van der Waals surface area contributed by atoms with Crippen LogP contribution in [0.2, 0.25) is 0 Å². The van der Waals surface area contributed by atoms with Gasteiger partial charge >= 0.3 is 0 Å². The first-order valence-electron chi connectivity index (χ1n) is 5.30. The van der Waals surface area contributed by atoms with Crippen LogP contribution in [0, 0.1) is 0 Å². The van der Waals surface area contributed by atoms with Gasteiger partial charge in [0.15, 0.2) is 4.67 Å². The summed E-state index contributed by atoms with van der Waals surface area (Å²) in [5.41, 5.74) is 0. The van der Waals surface area contributed by atoms with Crippen molar-refractivity contribution in [2.75, 3.05) is 7.05 Å². The highest BCUT2D eigenvalue weighted by Crippen LogP contribution is 2.22. The minimum Gasteiger partial charge on any atom is -0.453 e. The number of imide groups is 1. The van der Waals surface area contributed by atoms with Crippen LogP contribution in [0.3, 0.4) is 0 Å². The molecule has 2 rings (SSSR count). The molecular weight excluding hydrogens is 288 g/mol. The van der Waals surface area contributed by atoms with E-state index in [1.807, 2.05) is 13.0 Å². The average Bonchev–Trinajstić information content (AvgIpc) is 2.80. The molecule has 1 aliphatic rings. The Kier molecular flexibility index (Phi) is 3.35. The molecule has 0 aliphatic carbocycles. The summed E-state index contributed by atoms with van der Waals surface area (Å²) < 4.78 is 6.03. The summed E-state index contributed by atoms with van der Waals surface area (Å²) in [7, 11) is 1.50. The predicted octanol–water partition coefficient (Wildman–Crippen LogP) is 1.45. The number of nitrogens with zero attached hydrogens (tertiary/aromatic N) is 1. The summed E-state index contributed by atoms with van der Waals surface area (Å²) in [5.74, 6) is 0.388. The van der Waals surface area contributed by atoms with Crippen LogP contribution in [-0.2, 0) is 9.59 Å². The Morgan fingerprint density at radius 2 is 2.24 bits per heavy atom. The third-order valence-corrected chi connectivity index (χ3v) is 3.28. The quantitative estimate of drug-likeness (QED) is 0.858. The summed E-state index contributed by atoms with van der Waals surface area (Å²) in [6.07, 6.45) is 0.210. The molecule has 0 bridgehead atoms. The fourth-order valence-electron chi connectivity index (χ4n) is 1.83. The van der Waals surface area contributed by atoms with E-state index in [9.17, 15) is 9.59 Å². The van der Waals surface area contributed by atoms with Crippen molar-refractivity contribution in [2.24, 2.45) is 0 Å². The van der Waals surface area contributed by atoms with Crippen LogP contribution < -0.4 is 5.32 Å². The van der Waals surface area contributed by atoms with E-state index in [2.05, 4.69) is 21.2 Å². The van der Waals surface area contributed by atoms with E-state index in [1.54, 1.807) is 6.07 Å². The van der Waals surface area contributed by atoms with Gasteiger partial charge in [-0.2, -0.15) is 0 Å². The second-order valence-electron chi connectivity index (χ2n) is 4.08. The van der Waals surface area contributed by atoms with Crippen LogP contribution in [0.4, 0.5) is 0 Å². The smallest absolute Gasteiger partial charge is 0.246 e. The van der Waals surface area contributed by atoms with E-state index in [1.165, 1.54) is 7.05 Å². The molecule has 2 unspecified atom stereocenters. The number of halogens is 1. The number of carbonyl (C=O) groups excluding carboxylic acids is 2. The van der Waals surface area contributed by atoms with E-state index in [0.29, 0.717) is 4.67 Å². The van der Waals surface area contributed by atoms with E-state index in [-0.39, 0.29) is 24.3 Å². The van der Waals surface area contributed by atoms with Gasteiger partial charge in [0.1, 0.15) is 5.76 Å². The first-order chi connectivity index (χ1) is 7.99. The SMILES string of the molecule is CC(NC1CC(=O)N(C)C1=O)c1ccc(Br)o1. The number of nitrogens with one attached hydrogen (secondary N) is 1. The lowest BCUT2D eigenvalue weighted by molar-refractivity contribution is -0.137. The predicted molar refractivity (Wildman–Crippen MR) is 64.1 cm³/mol. The third kappa shape index (κ3) is 2.42. The Bertz CT molecular complexity index is 457. The van der Waals surface area contributed by atoms with Crippen molar-refractivity contribution < 1.29 is 14.0 Å². The van der Waals surface area contributed by atoms with E-state index < -0.39 is 6.04 Å². The minimum absolute atomic E-state index is 0.116. The molecule has 0 spiro atoms. The first-order valence-corrected chi connectivity index (χ1v) is 6.10. The summed E-state index contributed by atoms with van der Waals surface area (Å²) in [5, 5.41) is 3.09. The number of furan rings is 1. The van der Waals surface area contributed by atoms with E-state index in [0.717, 1.165) is 10.7 Å². The standard InChI is InChI=1S/C11H13BrN2O3/c1-6(8-3-4-9(12)17-8)13-7-5-10(15)14(2)11(7)16/h3-4,6-7,13H,5H2,1-2H3. The zero-order chi connectivity index (χ0) is 12.6. The Morgan fingerprint density at radius 1 is 1.53 bits per heavy atom. The number of amides is 2. The molecule has 5 nitrogen and oxygen atoms in total. The highest BCUT2D eigenvalue weighted by Gasteiger charge is 2.36. The van der Waals surface area contributed by atoms with Gasteiger partial charge in [-0.1, -0.05) is 0 Å². The summed E-state index contributed by atoms with van der Waals surface area (Å²) >= 11 is 3.22. The van der Waals surface area contributed by atoms with Crippen LogP contribution in [0.25, 0.3) is 0 Å². The molecule has 17 heavy (non-hydrogen) atoms. The topological polar surface area (TPSA) is 62.6 Å². The molecule has 2 heterocycles. The summed E-state index contributed by atoms with van der Waals surface area (Å²) in [4.78, 5) is 24.2. The second kappa shape index (κ2) is 4.62. The molecule has 6 heteroatoms. The molecule has 1 fully saturated rings. The molecule has 0 aromatic carbocycles. The lowest BCUT2D eigenvalue weighted by Crippen LogP contribution is -2.38. The van der Waals surface area contributed by atoms with Gasteiger partial charge in [-0.25, -0.2) is 0 Å². The first kappa shape index (κ1) is 12.3. The fourth-order valence-corrected chi connectivity index (χ4v) is 2.15. The lowest BCUT2D eigenvalue weighted by Gasteiger charge is -2.15. The molecule has 1 aromatic rings. The lowest BCUT2D eigenvalue weighted by atomic mass is 10.2. The third-order valence-electron chi connectivity index (χ3n) is 2.85. The Labute approximate surface area is 107 Å². The van der Waals surface area contributed by atoms with Crippen LogP contribution in [-0.4, -0.2) is 29.8 Å². The number of rotatable bonds is 3. The van der Waals surface area contributed by atoms with Crippen molar-refractivity contribution >= 4 is 27.7 Å². The molecule has 0 saturated carbocycles. The van der Waals surface area contributed by atoms with Crippen molar-refractivity contribution in [1.82, 2.24) is 10.2 Å². The molecule has 1 saturated heterocycles. The summed E-state index contributed by atoms with van der Waals surface area (Å²) in [6, 6.07) is 3.05. The van der Waals surface area contributed by atoms with Gasteiger partial charge < -0.3 is 4.42 Å². The highest BCUT2D eigenvalue weighted by atomic mass is 79.9. The van der Waals surface area contributed by atoms with Gasteiger partial charge in [-0.15, -0.1) is 0 Å². The Morgan fingerprint density at radius 3 is 2.71 bits per heavy atom. The van der Waals surface area contributed by atoms with Gasteiger partial charge in [0.25, 0.3) is 0 Å². The number of hydrogen-bond acceptors (Lipinski definition) is 4. The molecule has 2 atom stereocenters. The summed E-state index contributed by atoms with van der Waals surface area (Å²) in [6.45, 7) is 1.89. The van der Waals surface area contributed by atoms with Crippen molar-refractivity contribution in [3.63, 3.8) is 0 Å². The van der Waals surface area contributed by atoms with Crippen LogP contribution in [0.15, 0.2) is 21.2 Å². The highest BCUT2D eigenvalue weighted by molar-refractivity contribution is 9.10. The largest absolute Gasteiger partial charge is 0.453 e. The maximum absolute atomic E-state index is 11.7. The number of likely N-dealkylation sites (tertiary alicyclic amines) is 1. The molecule has 1 N–H and O–H groups in total. The van der Waals surface area contributed by atoms with Gasteiger partial charge in [-0.3, -0.25) is 19.8 Å². The number of carbonyl (C=O) groups is 2. The van der Waals surface area contributed by atoms with Gasteiger partial charge in [-0.05, 0) is 35.0 Å². The second-order valence-corrected chi connectivity index (χ2v) is 4.86. The molecule has 0 radical (unpaired) electrons. The monoisotopic (exact) mass is 300 g/mol. The molecule has 2 amide bonds. The zero-order valence-corrected chi connectivity index (χ0v) is 11.2. The van der Waals surface area contributed by atoms with Crippen LogP contribution >= 0.6 is 15.9 Å². The molecule has 1 aromatic heterocycles. The average molecular weight is 301 g/mol. The van der Waals surface area contributed by atoms with Crippen LogP contribution in [0.1, 0.15) is 25.1 Å².